The summed E-state index contributed by atoms with van der Waals surface area (Å²) in [5, 5.41) is 10.9. The van der Waals surface area contributed by atoms with E-state index < -0.39 is 6.10 Å². The molecule has 1 saturated heterocycles. The van der Waals surface area contributed by atoms with Gasteiger partial charge < -0.3 is 15.0 Å². The van der Waals surface area contributed by atoms with Crippen LogP contribution in [0.2, 0.25) is 0 Å². The number of anilines is 2. The van der Waals surface area contributed by atoms with Gasteiger partial charge in [0.1, 0.15) is 5.82 Å². The minimum absolute atomic E-state index is 0.00961. The molecule has 1 aliphatic heterocycles. The Hall–Kier alpha value is -4.43. The molecule has 0 spiro atoms. The van der Waals surface area contributed by atoms with Crippen molar-refractivity contribution in [3.63, 3.8) is 0 Å². The zero-order valence-corrected chi connectivity index (χ0v) is 26.3. The van der Waals surface area contributed by atoms with E-state index in [1.165, 1.54) is 0 Å². The first kappa shape index (κ1) is 31.0. The van der Waals surface area contributed by atoms with Crippen molar-refractivity contribution in [3.05, 3.63) is 107 Å². The van der Waals surface area contributed by atoms with E-state index in [0.717, 1.165) is 53.0 Å². The fourth-order valence-electron chi connectivity index (χ4n) is 5.65. The molecule has 8 nitrogen and oxygen atoms in total. The Morgan fingerprint density at radius 3 is 2.25 bits per heavy atom. The van der Waals surface area contributed by atoms with Gasteiger partial charge in [0.15, 0.2) is 6.10 Å². The van der Waals surface area contributed by atoms with Crippen molar-refractivity contribution in [1.29, 1.82) is 0 Å². The smallest absolute Gasteiger partial charge is 0.324 e. The van der Waals surface area contributed by atoms with Crippen LogP contribution >= 0.6 is 0 Å². The number of amides is 3. The number of aryl methyl sites for hydroxylation is 1. The maximum atomic E-state index is 13.3. The number of piperidine rings is 1. The molecule has 1 atom stereocenters. The molecule has 0 unspecified atom stereocenters. The zero-order chi connectivity index (χ0) is 31.3. The van der Waals surface area contributed by atoms with E-state index >= 15 is 0 Å². The van der Waals surface area contributed by atoms with Gasteiger partial charge in [-0.1, -0.05) is 87.0 Å². The van der Waals surface area contributed by atoms with Crippen molar-refractivity contribution in [3.8, 4) is 5.69 Å². The third-order valence-electron chi connectivity index (χ3n) is 8.26. The Morgan fingerprint density at radius 1 is 0.932 bits per heavy atom. The van der Waals surface area contributed by atoms with E-state index in [4.69, 9.17) is 9.84 Å². The molecule has 3 aromatic carbocycles. The number of carbonyl (C=O) groups excluding carboxylic acids is 2. The number of likely N-dealkylation sites (tertiary alicyclic amines) is 1. The normalized spacial score (nSPS) is 14.7. The van der Waals surface area contributed by atoms with Crippen LogP contribution in [0, 0.1) is 12.8 Å². The minimum atomic E-state index is -0.585. The first-order valence-corrected chi connectivity index (χ1v) is 15.3. The second-order valence-corrected chi connectivity index (χ2v) is 12.6. The highest BCUT2D eigenvalue weighted by Gasteiger charge is 2.30. The molecule has 0 aliphatic carbocycles. The third kappa shape index (κ3) is 7.37. The fourth-order valence-corrected chi connectivity index (χ4v) is 5.65. The molecule has 1 fully saturated rings. The van der Waals surface area contributed by atoms with Crippen LogP contribution in [0.15, 0.2) is 84.9 Å². The van der Waals surface area contributed by atoms with Crippen molar-refractivity contribution in [2.24, 2.45) is 5.92 Å². The third-order valence-corrected chi connectivity index (χ3v) is 8.26. The predicted octanol–water partition coefficient (Wildman–Crippen LogP) is 7.29. The van der Waals surface area contributed by atoms with E-state index in [1.807, 2.05) is 90.7 Å². The van der Waals surface area contributed by atoms with Crippen LogP contribution in [-0.4, -0.2) is 46.8 Å². The fraction of sp³-hybridized carbons (Fsp3) is 0.361. The van der Waals surface area contributed by atoms with Gasteiger partial charge in [-0.05, 0) is 61.4 Å². The number of aromatic nitrogens is 2. The number of hydrogen-bond donors (Lipinski definition) is 2. The molecule has 0 saturated carbocycles. The molecule has 2 heterocycles. The van der Waals surface area contributed by atoms with Gasteiger partial charge in [0.25, 0.3) is 5.91 Å². The lowest BCUT2D eigenvalue weighted by molar-refractivity contribution is -0.143. The van der Waals surface area contributed by atoms with Gasteiger partial charge in [0.2, 0.25) is 0 Å². The molecule has 44 heavy (non-hydrogen) atoms. The van der Waals surface area contributed by atoms with E-state index in [1.54, 1.807) is 11.8 Å². The Bertz CT molecular complexity index is 1570. The molecular weight excluding hydrogens is 550 g/mol. The largest absolute Gasteiger partial charge is 0.367 e. The summed E-state index contributed by atoms with van der Waals surface area (Å²) < 4.78 is 7.37. The summed E-state index contributed by atoms with van der Waals surface area (Å²) in [5.41, 5.74) is 5.48. The number of urea groups is 1. The number of hydrogen-bond acceptors (Lipinski definition) is 4. The lowest BCUT2D eigenvalue weighted by Gasteiger charge is -2.34. The standard InChI is InChI=1S/C36H43N5O3/c1-25-15-17-29(18-16-25)41-32(24-31(39-41)36(2,3)4)38-35(43)37-30-14-10-9-13-28(30)23-26-19-21-40(22-20-26)34(42)33(44-5)27-11-7-6-8-12-27/h6-18,24,26,33H,19-23H2,1-5H3,(H2,37,38,43)/t33-/m0/s1. The summed E-state index contributed by atoms with van der Waals surface area (Å²) in [4.78, 5) is 28.5. The van der Waals surface area contributed by atoms with Crippen molar-refractivity contribution in [1.82, 2.24) is 14.7 Å². The molecule has 4 aromatic rings. The highest BCUT2D eigenvalue weighted by atomic mass is 16.5. The van der Waals surface area contributed by atoms with Gasteiger partial charge in [-0.15, -0.1) is 0 Å². The van der Waals surface area contributed by atoms with Gasteiger partial charge in [-0.3, -0.25) is 10.1 Å². The Kier molecular flexibility index (Phi) is 9.49. The Balaban J connectivity index is 1.23. The minimum Gasteiger partial charge on any atom is -0.367 e. The highest BCUT2D eigenvalue weighted by molar-refractivity contribution is 6.00. The number of carbonyl (C=O) groups is 2. The van der Waals surface area contributed by atoms with Crippen molar-refractivity contribution in [2.75, 3.05) is 30.8 Å². The number of nitrogens with one attached hydrogen (secondary N) is 2. The Morgan fingerprint density at radius 2 is 1.59 bits per heavy atom. The maximum Gasteiger partial charge on any atom is 0.324 e. The van der Waals surface area contributed by atoms with Crippen LogP contribution in [0.1, 0.15) is 62.1 Å². The van der Waals surface area contributed by atoms with Gasteiger partial charge in [0, 0.05) is 37.4 Å². The number of nitrogens with zero attached hydrogens (tertiary/aromatic N) is 3. The lowest BCUT2D eigenvalue weighted by Crippen LogP contribution is -2.42. The summed E-state index contributed by atoms with van der Waals surface area (Å²) in [5.74, 6) is 1.02. The number of rotatable bonds is 8. The second-order valence-electron chi connectivity index (χ2n) is 12.6. The number of ether oxygens (including phenoxy) is 1. The van der Waals surface area contributed by atoms with Crippen LogP contribution < -0.4 is 10.6 Å². The van der Waals surface area contributed by atoms with Crippen molar-refractivity contribution in [2.45, 2.75) is 58.5 Å². The zero-order valence-electron chi connectivity index (χ0n) is 26.3. The summed E-state index contributed by atoms with van der Waals surface area (Å²) in [6, 6.07) is 27.3. The van der Waals surface area contributed by atoms with Gasteiger partial charge >= 0.3 is 6.03 Å². The number of para-hydroxylation sites is 1. The van der Waals surface area contributed by atoms with E-state index in [9.17, 15) is 9.59 Å². The molecule has 0 radical (unpaired) electrons. The average molecular weight is 594 g/mol. The SMILES string of the molecule is CO[C@H](C(=O)N1CCC(Cc2ccccc2NC(=O)Nc2cc(C(C)(C)C)nn2-c2ccc(C)cc2)CC1)c1ccccc1. The Labute approximate surface area is 260 Å². The molecule has 1 aromatic heterocycles. The van der Waals surface area contributed by atoms with E-state index in [0.29, 0.717) is 24.8 Å². The topological polar surface area (TPSA) is 88.5 Å². The molecule has 0 bridgehead atoms. The van der Waals surface area contributed by atoms with Crippen LogP contribution in [0.25, 0.3) is 5.69 Å². The summed E-state index contributed by atoms with van der Waals surface area (Å²) in [7, 11) is 1.59. The second kappa shape index (κ2) is 13.5. The number of benzene rings is 3. The van der Waals surface area contributed by atoms with Gasteiger partial charge in [-0.2, -0.15) is 5.10 Å². The van der Waals surface area contributed by atoms with Gasteiger partial charge in [-0.25, -0.2) is 9.48 Å². The van der Waals surface area contributed by atoms with Crippen LogP contribution in [0.5, 0.6) is 0 Å². The van der Waals surface area contributed by atoms with Crippen LogP contribution in [0.3, 0.4) is 0 Å². The molecular formula is C36H43N5O3. The van der Waals surface area contributed by atoms with Crippen molar-refractivity contribution >= 4 is 23.4 Å². The lowest BCUT2D eigenvalue weighted by atomic mass is 9.89. The van der Waals surface area contributed by atoms with Crippen LogP contribution in [0.4, 0.5) is 16.3 Å². The average Bonchev–Trinajstić information content (AvgIpc) is 3.44. The van der Waals surface area contributed by atoms with E-state index in [2.05, 4.69) is 37.5 Å². The molecule has 8 heteroatoms. The maximum absolute atomic E-state index is 13.3. The predicted molar refractivity (Wildman–Crippen MR) is 175 cm³/mol. The molecule has 2 N–H and O–H groups in total. The quantitative estimate of drug-likeness (QED) is 0.225. The monoisotopic (exact) mass is 593 g/mol. The highest BCUT2D eigenvalue weighted by Crippen LogP contribution is 2.29. The first-order chi connectivity index (χ1) is 21.1. The number of methoxy groups -OCH3 is 1. The van der Waals surface area contributed by atoms with Crippen LogP contribution in [-0.2, 0) is 21.4 Å². The van der Waals surface area contributed by atoms with E-state index in [-0.39, 0.29) is 17.4 Å². The first-order valence-electron chi connectivity index (χ1n) is 15.3. The molecule has 1 aliphatic rings. The summed E-state index contributed by atoms with van der Waals surface area (Å²) >= 11 is 0. The van der Waals surface area contributed by atoms with Crippen molar-refractivity contribution < 1.29 is 14.3 Å². The molecule has 230 valence electrons. The van der Waals surface area contributed by atoms with Gasteiger partial charge in [0.05, 0.1) is 11.4 Å². The molecule has 3 amide bonds. The summed E-state index contributed by atoms with van der Waals surface area (Å²) in [6.07, 6.45) is 2.02. The summed E-state index contributed by atoms with van der Waals surface area (Å²) in [6.45, 7) is 9.73. The molecule has 5 rings (SSSR count).